The minimum absolute atomic E-state index is 0.291. The molecule has 0 unspecified atom stereocenters. The summed E-state index contributed by atoms with van der Waals surface area (Å²) in [4.78, 5) is 19.5. The topological polar surface area (TPSA) is 74.4 Å². The summed E-state index contributed by atoms with van der Waals surface area (Å²) in [5.74, 6) is 2.56. The maximum Gasteiger partial charge on any atom is 0.232 e. The third kappa shape index (κ3) is 3.09. The molecule has 2 N–H and O–H groups in total. The van der Waals surface area contributed by atoms with Crippen LogP contribution in [0.1, 0.15) is 12.8 Å². The molecule has 7 heteroatoms. The first-order valence-corrected chi connectivity index (χ1v) is 7.28. The molecule has 3 rings (SSSR count). The molecule has 1 saturated heterocycles. The molecule has 2 fully saturated rings. The number of anilines is 3. The van der Waals surface area contributed by atoms with E-state index in [0.717, 1.165) is 32.1 Å². The van der Waals surface area contributed by atoms with Crippen LogP contribution < -0.4 is 15.5 Å². The predicted molar refractivity (Wildman–Crippen MR) is 79.9 cm³/mol. The number of hydrogen-bond donors (Lipinski definition) is 1. The van der Waals surface area contributed by atoms with Crippen LogP contribution >= 0.6 is 0 Å². The lowest BCUT2D eigenvalue weighted by Crippen LogP contribution is -2.47. The molecule has 0 amide bonds. The van der Waals surface area contributed by atoms with Gasteiger partial charge in [-0.15, -0.1) is 0 Å². The third-order valence-corrected chi connectivity index (χ3v) is 3.90. The van der Waals surface area contributed by atoms with E-state index < -0.39 is 0 Å². The number of piperazine rings is 1. The lowest BCUT2D eigenvalue weighted by atomic mass is 10.3. The molecule has 1 aromatic heterocycles. The van der Waals surface area contributed by atoms with E-state index >= 15 is 0 Å². The summed E-state index contributed by atoms with van der Waals surface area (Å²) in [6.45, 7) is 5.35. The highest BCUT2D eigenvalue weighted by Gasteiger charge is 2.27. The largest absolute Gasteiger partial charge is 0.368 e. The van der Waals surface area contributed by atoms with Crippen LogP contribution in [0.5, 0.6) is 0 Å². The second-order valence-electron chi connectivity index (χ2n) is 5.92. The van der Waals surface area contributed by atoms with E-state index in [2.05, 4.69) is 24.8 Å². The number of aromatic nitrogens is 3. The molecule has 1 saturated carbocycles. The summed E-state index contributed by atoms with van der Waals surface area (Å²) < 4.78 is 0. The first-order chi connectivity index (χ1) is 9.61. The van der Waals surface area contributed by atoms with E-state index in [4.69, 9.17) is 5.73 Å². The van der Waals surface area contributed by atoms with E-state index in [1.54, 1.807) is 0 Å². The Kier molecular flexibility index (Phi) is 3.60. The SMILES string of the molecule is CN(C)c1nc(N)nc(N2CCN(CC3CC3)CC2)n1. The van der Waals surface area contributed by atoms with Crippen LogP contribution in [-0.2, 0) is 0 Å². The Morgan fingerprint density at radius 3 is 2.40 bits per heavy atom. The van der Waals surface area contributed by atoms with Gasteiger partial charge in [-0.25, -0.2) is 0 Å². The predicted octanol–water partition coefficient (Wildman–Crippen LogP) is 0.0518. The van der Waals surface area contributed by atoms with Gasteiger partial charge >= 0.3 is 0 Å². The Morgan fingerprint density at radius 1 is 1.10 bits per heavy atom. The molecule has 110 valence electrons. The standard InChI is InChI=1S/C13H23N7/c1-18(2)12-15-11(14)16-13(17-12)20-7-5-19(6-8-20)9-10-3-4-10/h10H,3-9H2,1-2H3,(H2,14,15,16,17). The summed E-state index contributed by atoms with van der Waals surface area (Å²) >= 11 is 0. The fourth-order valence-corrected chi connectivity index (χ4v) is 2.51. The molecule has 0 atom stereocenters. The maximum atomic E-state index is 5.78. The Bertz CT molecular complexity index is 464. The van der Waals surface area contributed by atoms with Crippen LogP contribution in [0.3, 0.4) is 0 Å². The van der Waals surface area contributed by atoms with Crippen LogP contribution in [0.25, 0.3) is 0 Å². The van der Waals surface area contributed by atoms with Gasteiger partial charge in [0.2, 0.25) is 17.8 Å². The molecule has 2 aliphatic rings. The van der Waals surface area contributed by atoms with Crippen molar-refractivity contribution in [1.82, 2.24) is 19.9 Å². The van der Waals surface area contributed by atoms with Crippen molar-refractivity contribution in [3.63, 3.8) is 0 Å². The zero-order valence-corrected chi connectivity index (χ0v) is 12.3. The highest BCUT2D eigenvalue weighted by atomic mass is 15.4. The smallest absolute Gasteiger partial charge is 0.232 e. The minimum Gasteiger partial charge on any atom is -0.368 e. The normalized spacial score (nSPS) is 20.2. The summed E-state index contributed by atoms with van der Waals surface area (Å²) in [5.41, 5.74) is 5.78. The fraction of sp³-hybridized carbons (Fsp3) is 0.769. The van der Waals surface area contributed by atoms with Gasteiger partial charge in [0.25, 0.3) is 0 Å². The highest BCUT2D eigenvalue weighted by Crippen LogP contribution is 2.30. The van der Waals surface area contributed by atoms with Crippen molar-refractivity contribution in [2.45, 2.75) is 12.8 Å². The first kappa shape index (κ1) is 13.4. The molecular formula is C13H23N7. The Hall–Kier alpha value is -1.63. The molecule has 0 spiro atoms. The van der Waals surface area contributed by atoms with Gasteiger partial charge < -0.3 is 15.5 Å². The highest BCUT2D eigenvalue weighted by molar-refractivity contribution is 5.43. The molecule has 1 aliphatic carbocycles. The van der Waals surface area contributed by atoms with E-state index in [-0.39, 0.29) is 0 Å². The van der Waals surface area contributed by atoms with Crippen LogP contribution in [0, 0.1) is 5.92 Å². The molecule has 2 heterocycles. The summed E-state index contributed by atoms with van der Waals surface area (Å²) in [6.07, 6.45) is 2.83. The average Bonchev–Trinajstić information content (AvgIpc) is 3.23. The second-order valence-corrected chi connectivity index (χ2v) is 5.92. The second kappa shape index (κ2) is 5.40. The number of rotatable bonds is 4. The molecular weight excluding hydrogens is 254 g/mol. The Labute approximate surface area is 119 Å². The quantitative estimate of drug-likeness (QED) is 0.833. The Balaban J connectivity index is 1.64. The molecule has 0 bridgehead atoms. The van der Waals surface area contributed by atoms with Crippen LogP contribution in [0.15, 0.2) is 0 Å². The molecule has 1 aliphatic heterocycles. The molecule has 0 aromatic carbocycles. The molecule has 7 nitrogen and oxygen atoms in total. The van der Waals surface area contributed by atoms with Crippen molar-refractivity contribution in [2.24, 2.45) is 5.92 Å². The lowest BCUT2D eigenvalue weighted by Gasteiger charge is -2.34. The molecule has 20 heavy (non-hydrogen) atoms. The van der Waals surface area contributed by atoms with Gasteiger partial charge in [0, 0.05) is 46.8 Å². The van der Waals surface area contributed by atoms with Crippen molar-refractivity contribution in [3.8, 4) is 0 Å². The van der Waals surface area contributed by atoms with Gasteiger partial charge in [-0.1, -0.05) is 0 Å². The van der Waals surface area contributed by atoms with E-state index in [1.807, 2.05) is 19.0 Å². The van der Waals surface area contributed by atoms with Gasteiger partial charge in [-0.3, -0.25) is 4.90 Å². The lowest BCUT2D eigenvalue weighted by molar-refractivity contribution is 0.247. The van der Waals surface area contributed by atoms with Gasteiger partial charge in [0.15, 0.2) is 0 Å². The first-order valence-electron chi connectivity index (χ1n) is 7.28. The van der Waals surface area contributed by atoms with Crippen molar-refractivity contribution >= 4 is 17.8 Å². The van der Waals surface area contributed by atoms with Crippen LogP contribution in [-0.4, -0.2) is 66.7 Å². The van der Waals surface area contributed by atoms with Crippen molar-refractivity contribution in [2.75, 3.05) is 62.4 Å². The third-order valence-electron chi connectivity index (χ3n) is 3.90. The summed E-state index contributed by atoms with van der Waals surface area (Å²) in [7, 11) is 3.82. The zero-order valence-electron chi connectivity index (χ0n) is 12.3. The van der Waals surface area contributed by atoms with Crippen molar-refractivity contribution in [1.29, 1.82) is 0 Å². The number of hydrogen-bond acceptors (Lipinski definition) is 7. The zero-order chi connectivity index (χ0) is 14.1. The number of nitrogen functional groups attached to an aromatic ring is 1. The van der Waals surface area contributed by atoms with E-state index in [0.29, 0.717) is 17.8 Å². The molecule has 0 radical (unpaired) electrons. The summed E-state index contributed by atoms with van der Waals surface area (Å²) in [5, 5.41) is 0. The van der Waals surface area contributed by atoms with Crippen LogP contribution in [0.2, 0.25) is 0 Å². The van der Waals surface area contributed by atoms with Gasteiger partial charge in [-0.2, -0.15) is 15.0 Å². The summed E-state index contributed by atoms with van der Waals surface area (Å²) in [6, 6.07) is 0. The maximum absolute atomic E-state index is 5.78. The van der Waals surface area contributed by atoms with Gasteiger partial charge in [0.05, 0.1) is 0 Å². The van der Waals surface area contributed by atoms with E-state index in [9.17, 15) is 0 Å². The average molecular weight is 277 g/mol. The van der Waals surface area contributed by atoms with Crippen molar-refractivity contribution in [3.05, 3.63) is 0 Å². The number of nitrogens with zero attached hydrogens (tertiary/aromatic N) is 6. The minimum atomic E-state index is 0.291. The van der Waals surface area contributed by atoms with Gasteiger partial charge in [0.1, 0.15) is 0 Å². The van der Waals surface area contributed by atoms with Crippen molar-refractivity contribution < 1.29 is 0 Å². The fourth-order valence-electron chi connectivity index (χ4n) is 2.51. The van der Waals surface area contributed by atoms with E-state index in [1.165, 1.54) is 19.4 Å². The monoisotopic (exact) mass is 277 g/mol. The van der Waals surface area contributed by atoms with Gasteiger partial charge in [-0.05, 0) is 18.8 Å². The molecule has 1 aromatic rings. The van der Waals surface area contributed by atoms with Crippen LogP contribution in [0.4, 0.5) is 17.8 Å². The Morgan fingerprint density at radius 2 is 1.80 bits per heavy atom. The number of nitrogens with two attached hydrogens (primary N) is 1.